The van der Waals surface area contributed by atoms with E-state index in [9.17, 15) is 4.79 Å². The number of aliphatic carboxylic acids is 1. The summed E-state index contributed by atoms with van der Waals surface area (Å²) in [6.45, 7) is 0. The monoisotopic (exact) mass is 167 g/mol. The fourth-order valence-electron chi connectivity index (χ4n) is 1.86. The maximum Gasteiger partial charge on any atom is 0.323 e. The van der Waals surface area contributed by atoms with Crippen LogP contribution < -0.4 is 5.73 Å². The summed E-state index contributed by atoms with van der Waals surface area (Å²) >= 11 is 0. The molecule has 0 spiro atoms. The van der Waals surface area contributed by atoms with Gasteiger partial charge < -0.3 is 10.8 Å². The maximum atomic E-state index is 10.7. The minimum absolute atomic E-state index is 0.413. The number of rotatable bonds is 3. The summed E-state index contributed by atoms with van der Waals surface area (Å²) in [5.41, 5.74) is 4.71. The lowest BCUT2D eigenvalue weighted by molar-refractivity contribution is -0.143. The molecule has 0 heterocycles. The molecule has 66 valence electrons. The van der Waals surface area contributed by atoms with Gasteiger partial charge in [-0.05, 0) is 25.2 Å². The molecule has 0 amide bonds. The number of carboxylic acids is 1. The first-order valence-electron chi connectivity index (χ1n) is 4.31. The van der Waals surface area contributed by atoms with Gasteiger partial charge in [-0.1, -0.05) is 12.7 Å². The zero-order chi connectivity index (χ0) is 9.19. The Balaban J connectivity index is 2.49. The molecule has 2 atom stereocenters. The van der Waals surface area contributed by atoms with Crippen LogP contribution >= 0.6 is 0 Å². The zero-order valence-corrected chi connectivity index (χ0v) is 7.12. The summed E-state index contributed by atoms with van der Waals surface area (Å²) in [6, 6.07) is 0. The Morgan fingerprint density at radius 1 is 1.75 bits per heavy atom. The van der Waals surface area contributed by atoms with E-state index in [4.69, 9.17) is 18.7 Å². The summed E-state index contributed by atoms with van der Waals surface area (Å²) < 4.78 is 0. The summed E-state index contributed by atoms with van der Waals surface area (Å²) in [6.07, 6.45) is 3.60. The van der Waals surface area contributed by atoms with Crippen molar-refractivity contribution in [3.63, 3.8) is 0 Å². The quantitative estimate of drug-likeness (QED) is 0.603. The number of hydrogen-bond acceptors (Lipinski definition) is 2. The third-order valence-corrected chi connectivity index (χ3v) is 2.65. The van der Waals surface area contributed by atoms with E-state index in [1.165, 1.54) is 0 Å². The van der Waals surface area contributed by atoms with Crippen LogP contribution in [0.25, 0.3) is 0 Å². The van der Waals surface area contributed by atoms with Crippen molar-refractivity contribution in [2.75, 3.05) is 0 Å². The first kappa shape index (κ1) is 9.58. The van der Waals surface area contributed by atoms with Gasteiger partial charge in [-0.2, -0.15) is 0 Å². The number of nitrogens with two attached hydrogens (primary N) is 1. The maximum absolute atomic E-state index is 10.7. The first-order chi connectivity index (χ1) is 5.58. The summed E-state index contributed by atoms with van der Waals surface area (Å²) in [7, 11) is 5.38. The highest BCUT2D eigenvalue weighted by Gasteiger charge is 2.41. The van der Waals surface area contributed by atoms with Crippen LogP contribution in [0.3, 0.4) is 0 Å². The number of carbonyl (C=O) groups is 1. The molecule has 0 aromatic heterocycles. The molecule has 3 nitrogen and oxygen atoms in total. The molecule has 0 aliphatic heterocycles. The largest absolute Gasteiger partial charge is 0.480 e. The van der Waals surface area contributed by atoms with Crippen LogP contribution in [0.1, 0.15) is 25.7 Å². The van der Waals surface area contributed by atoms with E-state index < -0.39 is 11.5 Å². The molecule has 1 aliphatic carbocycles. The normalized spacial score (nSPS) is 35.2. The van der Waals surface area contributed by atoms with E-state index in [2.05, 4.69) is 0 Å². The fourth-order valence-corrected chi connectivity index (χ4v) is 1.86. The molecule has 12 heavy (non-hydrogen) atoms. The molecule has 4 heteroatoms. The first-order valence-corrected chi connectivity index (χ1v) is 4.31. The van der Waals surface area contributed by atoms with E-state index in [0.717, 1.165) is 12.8 Å². The Morgan fingerprint density at radius 2 is 2.42 bits per heavy atom. The highest BCUT2D eigenvalue weighted by atomic mass is 16.4. The van der Waals surface area contributed by atoms with Crippen molar-refractivity contribution in [1.82, 2.24) is 0 Å². The molecular formula is C8H14BNO2. The fraction of sp³-hybridized carbons (Fsp3) is 0.875. The van der Waals surface area contributed by atoms with E-state index >= 15 is 0 Å². The van der Waals surface area contributed by atoms with E-state index in [1.54, 1.807) is 0 Å². The second kappa shape index (κ2) is 3.48. The van der Waals surface area contributed by atoms with Gasteiger partial charge in [0.15, 0.2) is 0 Å². The summed E-state index contributed by atoms with van der Waals surface area (Å²) in [5, 5.41) is 8.80. The zero-order valence-electron chi connectivity index (χ0n) is 7.12. The van der Waals surface area contributed by atoms with Gasteiger partial charge in [0.1, 0.15) is 5.54 Å². The third-order valence-electron chi connectivity index (χ3n) is 2.65. The second-order valence-corrected chi connectivity index (χ2v) is 3.65. The van der Waals surface area contributed by atoms with Crippen molar-refractivity contribution in [2.24, 2.45) is 11.7 Å². The van der Waals surface area contributed by atoms with Crippen molar-refractivity contribution < 1.29 is 9.90 Å². The van der Waals surface area contributed by atoms with Gasteiger partial charge in [0, 0.05) is 0 Å². The predicted molar refractivity (Wildman–Crippen MR) is 47.1 cm³/mol. The van der Waals surface area contributed by atoms with Crippen molar-refractivity contribution in [3.05, 3.63) is 0 Å². The smallest absolute Gasteiger partial charge is 0.323 e. The van der Waals surface area contributed by atoms with E-state index in [0.29, 0.717) is 25.1 Å². The lowest BCUT2D eigenvalue weighted by Crippen LogP contribution is -2.45. The van der Waals surface area contributed by atoms with Gasteiger partial charge in [-0.15, -0.1) is 0 Å². The van der Waals surface area contributed by atoms with Crippen molar-refractivity contribution in [3.8, 4) is 0 Å². The van der Waals surface area contributed by atoms with Gasteiger partial charge in [0.05, 0.1) is 7.85 Å². The van der Waals surface area contributed by atoms with Gasteiger partial charge in [-0.25, -0.2) is 0 Å². The van der Waals surface area contributed by atoms with Crippen LogP contribution in [-0.2, 0) is 4.79 Å². The Hall–Kier alpha value is -0.505. The molecule has 0 saturated heterocycles. The van der Waals surface area contributed by atoms with Crippen molar-refractivity contribution in [2.45, 2.75) is 37.5 Å². The Bertz CT molecular complexity index is 186. The number of hydrogen-bond donors (Lipinski definition) is 2. The van der Waals surface area contributed by atoms with Gasteiger partial charge in [-0.3, -0.25) is 4.79 Å². The molecule has 1 fully saturated rings. The standard InChI is InChI=1S/C8H14BNO2/c9-4-2-6-1-3-8(10,5-6)7(11)12/h6H,1-5,10H2,(H,11,12). The molecule has 2 unspecified atom stereocenters. The van der Waals surface area contributed by atoms with E-state index in [1.807, 2.05) is 0 Å². The highest BCUT2D eigenvalue weighted by Crippen LogP contribution is 2.35. The lowest BCUT2D eigenvalue weighted by atomic mass is 9.90. The molecule has 1 rings (SSSR count). The molecule has 2 radical (unpaired) electrons. The molecule has 0 aromatic rings. The van der Waals surface area contributed by atoms with E-state index in [-0.39, 0.29) is 0 Å². The van der Waals surface area contributed by atoms with Crippen LogP contribution in [0.15, 0.2) is 0 Å². The van der Waals surface area contributed by atoms with Crippen LogP contribution in [0, 0.1) is 5.92 Å². The van der Waals surface area contributed by atoms with Gasteiger partial charge in [0.2, 0.25) is 0 Å². The van der Waals surface area contributed by atoms with Crippen molar-refractivity contribution in [1.29, 1.82) is 0 Å². The molecule has 3 N–H and O–H groups in total. The van der Waals surface area contributed by atoms with Crippen LogP contribution in [0.4, 0.5) is 0 Å². The Labute approximate surface area is 73.7 Å². The van der Waals surface area contributed by atoms with Gasteiger partial charge in [0.25, 0.3) is 0 Å². The molecule has 0 aromatic carbocycles. The number of carboxylic acid groups (broad SMARTS) is 1. The molecule has 1 saturated carbocycles. The van der Waals surface area contributed by atoms with Crippen LogP contribution in [0.5, 0.6) is 0 Å². The van der Waals surface area contributed by atoms with Crippen LogP contribution in [0.2, 0.25) is 6.32 Å². The SMILES string of the molecule is [B]CCC1CCC(N)(C(=O)O)C1. The lowest BCUT2D eigenvalue weighted by Gasteiger charge is -2.17. The topological polar surface area (TPSA) is 63.3 Å². The van der Waals surface area contributed by atoms with Gasteiger partial charge >= 0.3 is 5.97 Å². The minimum Gasteiger partial charge on any atom is -0.480 e. The highest BCUT2D eigenvalue weighted by molar-refractivity contribution is 6.08. The average molecular weight is 167 g/mol. The molecule has 1 aliphatic rings. The van der Waals surface area contributed by atoms with Crippen LogP contribution in [-0.4, -0.2) is 24.5 Å². The Morgan fingerprint density at radius 3 is 2.83 bits per heavy atom. The summed E-state index contributed by atoms with van der Waals surface area (Å²) in [5.74, 6) is -0.460. The summed E-state index contributed by atoms with van der Waals surface area (Å²) in [4.78, 5) is 10.7. The molecular weight excluding hydrogens is 153 g/mol. The molecule has 0 bridgehead atoms. The second-order valence-electron chi connectivity index (χ2n) is 3.65. The predicted octanol–water partition coefficient (Wildman–Crippen LogP) is 0.545. The average Bonchev–Trinajstić information content (AvgIpc) is 2.34. The Kier molecular flexibility index (Phi) is 2.78. The van der Waals surface area contributed by atoms with Crippen molar-refractivity contribution >= 4 is 13.8 Å². The minimum atomic E-state index is -0.972. The third kappa shape index (κ3) is 1.80.